The predicted molar refractivity (Wildman–Crippen MR) is 123 cm³/mol. The number of rotatable bonds is 6. The molecule has 0 radical (unpaired) electrons. The van der Waals surface area contributed by atoms with Crippen LogP contribution >= 0.6 is 15.9 Å². The maximum Gasteiger partial charge on any atom is 0.416 e. The van der Waals surface area contributed by atoms with Gasteiger partial charge < -0.3 is 14.5 Å². The zero-order valence-electron chi connectivity index (χ0n) is 19.7. The van der Waals surface area contributed by atoms with Crippen molar-refractivity contribution >= 4 is 28.0 Å². The first-order valence-corrected chi connectivity index (χ1v) is 12.0. The highest BCUT2D eigenvalue weighted by atomic mass is 79.9. The molecule has 2 atom stereocenters. The Kier molecular flexibility index (Phi) is 8.41. The number of ether oxygens (including phenoxy) is 1. The second-order valence-electron chi connectivity index (χ2n) is 8.78. The molecule has 1 aliphatic heterocycles. The lowest BCUT2D eigenvalue weighted by molar-refractivity contribution is -0.143. The first kappa shape index (κ1) is 28.0. The van der Waals surface area contributed by atoms with Crippen LogP contribution in [0, 0.1) is 0 Å². The maximum absolute atomic E-state index is 13.4. The molecule has 36 heavy (non-hydrogen) atoms. The van der Waals surface area contributed by atoms with E-state index >= 15 is 0 Å². The molecule has 0 N–H and O–H groups in total. The molecule has 3 rings (SSSR count). The molecule has 198 valence electrons. The van der Waals surface area contributed by atoms with E-state index in [1.807, 2.05) is 6.92 Å². The van der Waals surface area contributed by atoms with Gasteiger partial charge in [-0.2, -0.15) is 26.3 Å². The molecule has 13 heteroatoms. The summed E-state index contributed by atoms with van der Waals surface area (Å²) in [5.74, 6) is 0.114. The predicted octanol–water partition coefficient (Wildman–Crippen LogP) is 6.68. The Morgan fingerprint density at radius 1 is 1.11 bits per heavy atom. The summed E-state index contributed by atoms with van der Waals surface area (Å²) >= 11 is 3.22. The molecule has 0 bridgehead atoms. The highest BCUT2D eigenvalue weighted by molar-refractivity contribution is 9.10. The number of benzene rings is 1. The highest BCUT2D eigenvalue weighted by Crippen LogP contribution is 2.37. The van der Waals surface area contributed by atoms with E-state index in [-0.39, 0.29) is 42.8 Å². The molecule has 1 aromatic heterocycles. The fourth-order valence-electron chi connectivity index (χ4n) is 4.12. The van der Waals surface area contributed by atoms with Gasteiger partial charge in [-0.05, 0) is 66.4 Å². The van der Waals surface area contributed by atoms with Crippen LogP contribution in [-0.4, -0.2) is 45.7 Å². The summed E-state index contributed by atoms with van der Waals surface area (Å²) in [6.45, 7) is 5.11. The third-order valence-corrected chi connectivity index (χ3v) is 6.15. The molecular weight excluding hydrogens is 558 g/mol. The van der Waals surface area contributed by atoms with Crippen molar-refractivity contribution in [3.63, 3.8) is 0 Å². The van der Waals surface area contributed by atoms with Crippen molar-refractivity contribution in [2.24, 2.45) is 0 Å². The van der Waals surface area contributed by atoms with E-state index in [1.165, 1.54) is 22.2 Å². The van der Waals surface area contributed by atoms with Crippen LogP contribution < -0.4 is 4.90 Å². The smallest absolute Gasteiger partial charge is 0.416 e. The third-order valence-electron chi connectivity index (χ3n) is 5.74. The van der Waals surface area contributed by atoms with E-state index in [9.17, 15) is 31.1 Å². The molecule has 1 amide bonds. The Hall–Kier alpha value is -2.57. The minimum absolute atomic E-state index is 0.0936. The quantitative estimate of drug-likeness (QED) is 0.355. The van der Waals surface area contributed by atoms with Crippen LogP contribution in [0.15, 0.2) is 35.1 Å². The molecular formula is C23H25BrF6N4O2. The number of halogens is 7. The van der Waals surface area contributed by atoms with Crippen LogP contribution in [0.25, 0.3) is 0 Å². The maximum atomic E-state index is 13.4. The number of nitrogens with zero attached hydrogens (tertiary/aromatic N) is 4. The Morgan fingerprint density at radius 2 is 1.67 bits per heavy atom. The van der Waals surface area contributed by atoms with Crippen molar-refractivity contribution in [2.45, 2.75) is 70.7 Å². The van der Waals surface area contributed by atoms with Crippen molar-refractivity contribution in [1.82, 2.24) is 14.9 Å². The number of hydrogen-bond donors (Lipinski definition) is 0. The number of likely N-dealkylation sites (tertiary alicyclic amines) is 1. The van der Waals surface area contributed by atoms with Gasteiger partial charge in [0.05, 0.1) is 27.7 Å². The van der Waals surface area contributed by atoms with Gasteiger partial charge in [-0.1, -0.05) is 6.92 Å². The molecule has 1 aliphatic rings. The lowest BCUT2D eigenvalue weighted by Gasteiger charge is -2.29. The van der Waals surface area contributed by atoms with E-state index in [2.05, 4.69) is 25.9 Å². The van der Waals surface area contributed by atoms with Gasteiger partial charge in [0.1, 0.15) is 0 Å². The second-order valence-corrected chi connectivity index (χ2v) is 9.70. The van der Waals surface area contributed by atoms with E-state index in [0.717, 1.165) is 0 Å². The number of alkyl halides is 6. The largest absolute Gasteiger partial charge is 0.447 e. The van der Waals surface area contributed by atoms with Gasteiger partial charge in [0, 0.05) is 31.5 Å². The molecule has 1 fully saturated rings. The van der Waals surface area contributed by atoms with Gasteiger partial charge in [0.15, 0.2) is 0 Å². The SMILES string of the molecule is CC[C@@H]1C[C@H](N(Cc2cc(C(F)(F)F)cc(C(F)(F)F)c2)c2ncc(Br)cn2)CN1C(=O)OC(C)C. The van der Waals surface area contributed by atoms with Gasteiger partial charge in [-0.15, -0.1) is 0 Å². The molecule has 1 aromatic carbocycles. The van der Waals surface area contributed by atoms with Crippen LogP contribution in [0.5, 0.6) is 0 Å². The zero-order valence-corrected chi connectivity index (χ0v) is 21.3. The molecule has 2 aromatic rings. The summed E-state index contributed by atoms with van der Waals surface area (Å²) in [5, 5.41) is 0. The number of carbonyl (C=O) groups excluding carboxylic acids is 1. The normalized spacial score (nSPS) is 18.6. The van der Waals surface area contributed by atoms with Gasteiger partial charge in [0.25, 0.3) is 0 Å². The average molecular weight is 583 g/mol. The summed E-state index contributed by atoms with van der Waals surface area (Å²) < 4.78 is 86.4. The Bertz CT molecular complexity index is 1030. The lowest BCUT2D eigenvalue weighted by atomic mass is 10.0. The molecule has 6 nitrogen and oxygen atoms in total. The van der Waals surface area contributed by atoms with E-state index in [0.29, 0.717) is 29.4 Å². The van der Waals surface area contributed by atoms with Crippen LogP contribution in [0.3, 0.4) is 0 Å². The highest BCUT2D eigenvalue weighted by Gasteiger charge is 2.40. The monoisotopic (exact) mass is 582 g/mol. The molecule has 2 heterocycles. The number of anilines is 1. The minimum atomic E-state index is -4.97. The summed E-state index contributed by atoms with van der Waals surface area (Å²) in [7, 11) is 0. The van der Waals surface area contributed by atoms with Gasteiger partial charge in [-0.3, -0.25) is 0 Å². The topological polar surface area (TPSA) is 58.6 Å². The summed E-state index contributed by atoms with van der Waals surface area (Å²) in [4.78, 5) is 24.1. The van der Waals surface area contributed by atoms with Crippen molar-refractivity contribution < 1.29 is 35.9 Å². The summed E-state index contributed by atoms with van der Waals surface area (Å²) in [6, 6.07) is 0.776. The molecule has 0 saturated carbocycles. The zero-order chi connectivity index (χ0) is 26.8. The van der Waals surface area contributed by atoms with Crippen molar-refractivity contribution in [3.05, 3.63) is 51.8 Å². The molecule has 0 unspecified atom stereocenters. The standard InChI is InChI=1S/C23H25BrF6N4O2/c1-4-18-8-19(12-34(18)21(35)36-13(2)3)33(20-31-9-17(24)10-32-20)11-14-5-15(22(25,26)27)7-16(6-14)23(28,29)30/h5-7,9-10,13,18-19H,4,8,11-12H2,1-3H3/t18-,19+/m1/s1. The Labute approximate surface area is 212 Å². The van der Waals surface area contributed by atoms with E-state index in [1.54, 1.807) is 13.8 Å². The van der Waals surface area contributed by atoms with Crippen LogP contribution in [0.1, 0.15) is 50.3 Å². The number of hydrogen-bond acceptors (Lipinski definition) is 5. The number of aromatic nitrogens is 2. The van der Waals surface area contributed by atoms with Crippen molar-refractivity contribution in [3.8, 4) is 0 Å². The Morgan fingerprint density at radius 3 is 2.14 bits per heavy atom. The number of amides is 1. The molecule has 0 aliphatic carbocycles. The second kappa shape index (κ2) is 10.8. The van der Waals surface area contributed by atoms with Gasteiger partial charge in [0.2, 0.25) is 5.95 Å². The van der Waals surface area contributed by atoms with E-state index < -0.39 is 35.6 Å². The lowest BCUT2D eigenvalue weighted by Crippen LogP contribution is -2.41. The average Bonchev–Trinajstić information content (AvgIpc) is 3.21. The van der Waals surface area contributed by atoms with Crippen LogP contribution in [0.2, 0.25) is 0 Å². The summed E-state index contributed by atoms with van der Waals surface area (Å²) in [5.41, 5.74) is -3.01. The molecule has 1 saturated heterocycles. The summed E-state index contributed by atoms with van der Waals surface area (Å²) in [6.07, 6.45) is -6.96. The minimum Gasteiger partial charge on any atom is -0.447 e. The fourth-order valence-corrected chi connectivity index (χ4v) is 4.33. The van der Waals surface area contributed by atoms with Crippen LogP contribution in [-0.2, 0) is 23.6 Å². The van der Waals surface area contributed by atoms with Crippen molar-refractivity contribution in [1.29, 1.82) is 0 Å². The van der Waals surface area contributed by atoms with Gasteiger partial charge in [-0.25, -0.2) is 14.8 Å². The number of carbonyl (C=O) groups is 1. The van der Waals surface area contributed by atoms with Crippen molar-refractivity contribution in [2.75, 3.05) is 11.4 Å². The Balaban J connectivity index is 2.01. The van der Waals surface area contributed by atoms with Crippen LogP contribution in [0.4, 0.5) is 37.1 Å². The molecule has 0 spiro atoms. The first-order chi connectivity index (χ1) is 16.7. The third kappa shape index (κ3) is 6.80. The first-order valence-electron chi connectivity index (χ1n) is 11.2. The van der Waals surface area contributed by atoms with Gasteiger partial charge >= 0.3 is 18.4 Å². The fraction of sp³-hybridized carbons (Fsp3) is 0.522. The van der Waals surface area contributed by atoms with E-state index in [4.69, 9.17) is 4.74 Å².